The molecule has 9 nitrogen and oxygen atoms in total. The molecule has 0 fully saturated rings. The van der Waals surface area contributed by atoms with Gasteiger partial charge in [0.25, 0.3) is 21.5 Å². The predicted molar refractivity (Wildman–Crippen MR) is 129 cm³/mol. The second-order valence-electron chi connectivity index (χ2n) is 7.79. The van der Waals surface area contributed by atoms with Gasteiger partial charge in [-0.15, -0.1) is 0 Å². The summed E-state index contributed by atoms with van der Waals surface area (Å²) in [7, 11) is -2.99. The van der Waals surface area contributed by atoms with Crippen molar-refractivity contribution >= 4 is 27.3 Å². The molecule has 0 atom stereocenters. The summed E-state index contributed by atoms with van der Waals surface area (Å²) in [6.07, 6.45) is -4.67. The van der Waals surface area contributed by atoms with Gasteiger partial charge in [0.05, 0.1) is 23.8 Å². The van der Waals surface area contributed by atoms with Crippen LogP contribution in [0.1, 0.15) is 27.2 Å². The van der Waals surface area contributed by atoms with Crippen LogP contribution >= 0.6 is 0 Å². The molecule has 0 spiro atoms. The highest BCUT2D eigenvalue weighted by Crippen LogP contribution is 2.32. The van der Waals surface area contributed by atoms with E-state index < -0.39 is 43.7 Å². The molecular weight excluding hydrogens is 513 g/mol. The number of aryl methyl sites for hydroxylation is 1. The van der Waals surface area contributed by atoms with Crippen molar-refractivity contribution in [3.63, 3.8) is 0 Å². The highest BCUT2D eigenvalue weighted by atomic mass is 32.2. The number of hydrogen-bond donors (Lipinski definition) is 2. The third-order valence-electron chi connectivity index (χ3n) is 5.23. The summed E-state index contributed by atoms with van der Waals surface area (Å²) in [6, 6.07) is 12.3. The Morgan fingerprint density at radius 2 is 1.84 bits per heavy atom. The molecule has 0 radical (unpaired) electrons. The molecule has 0 aliphatic heterocycles. The molecule has 2 aromatic carbocycles. The Hall–Kier alpha value is -4.15. The van der Waals surface area contributed by atoms with E-state index in [4.69, 9.17) is 10.00 Å². The Balaban J connectivity index is 2.05. The highest BCUT2D eigenvalue weighted by molar-refractivity contribution is 7.92. The number of ether oxygens (including phenoxy) is 1. The smallest absolute Gasteiger partial charge is 0.383 e. The van der Waals surface area contributed by atoms with E-state index in [0.29, 0.717) is 5.56 Å². The Morgan fingerprint density at radius 3 is 2.43 bits per heavy atom. The molecule has 2 N–H and O–H groups in total. The number of sulfonamides is 1. The van der Waals surface area contributed by atoms with Gasteiger partial charge in [0.2, 0.25) is 0 Å². The molecule has 13 heteroatoms. The van der Waals surface area contributed by atoms with Gasteiger partial charge in [0.15, 0.2) is 0 Å². The van der Waals surface area contributed by atoms with Crippen LogP contribution in [-0.4, -0.2) is 39.6 Å². The van der Waals surface area contributed by atoms with E-state index >= 15 is 0 Å². The lowest BCUT2D eigenvalue weighted by Gasteiger charge is -2.23. The molecule has 0 unspecified atom stereocenters. The number of methoxy groups -OCH3 is 1. The first-order chi connectivity index (χ1) is 17.4. The molecule has 3 aromatic rings. The molecule has 0 aliphatic rings. The van der Waals surface area contributed by atoms with E-state index in [2.05, 4.69) is 9.71 Å². The summed E-state index contributed by atoms with van der Waals surface area (Å²) >= 11 is 0. The van der Waals surface area contributed by atoms with Gasteiger partial charge in [0.1, 0.15) is 10.5 Å². The average molecular weight is 535 g/mol. The number of benzene rings is 2. The number of nitrogens with zero attached hydrogens (tertiary/aromatic N) is 2. The minimum Gasteiger partial charge on any atom is -0.383 e. The number of nitrogens with one attached hydrogen (secondary N) is 2. The monoisotopic (exact) mass is 534 g/mol. The molecule has 0 saturated carbocycles. The molecule has 194 valence electrons. The maximum atomic E-state index is 13.4. The average Bonchev–Trinajstić information content (AvgIpc) is 2.84. The van der Waals surface area contributed by atoms with E-state index in [1.807, 2.05) is 6.07 Å². The molecule has 1 aromatic heterocycles. The number of amides is 1. The van der Waals surface area contributed by atoms with Crippen LogP contribution in [0.5, 0.6) is 0 Å². The number of aromatic nitrogens is 1. The fraction of sp³-hybridized carbons (Fsp3) is 0.208. The minimum absolute atomic E-state index is 0.0646. The van der Waals surface area contributed by atoms with Gasteiger partial charge < -0.3 is 14.6 Å². The molecule has 0 aliphatic carbocycles. The lowest BCUT2D eigenvalue weighted by atomic mass is 10.1. The van der Waals surface area contributed by atoms with Crippen LogP contribution in [0.4, 0.5) is 24.5 Å². The lowest BCUT2D eigenvalue weighted by molar-refractivity contribution is -0.137. The first kappa shape index (κ1) is 27.4. The zero-order chi connectivity index (χ0) is 27.4. The van der Waals surface area contributed by atoms with Crippen molar-refractivity contribution in [2.24, 2.45) is 0 Å². The molecule has 3 rings (SSSR count). The van der Waals surface area contributed by atoms with Crippen molar-refractivity contribution in [1.29, 1.82) is 5.26 Å². The van der Waals surface area contributed by atoms with E-state index in [1.54, 1.807) is 0 Å². The van der Waals surface area contributed by atoms with Crippen LogP contribution in [-0.2, 0) is 20.9 Å². The molecule has 0 bridgehead atoms. The molecule has 1 heterocycles. The summed E-state index contributed by atoms with van der Waals surface area (Å²) in [4.78, 5) is 28.8. The summed E-state index contributed by atoms with van der Waals surface area (Å²) in [5.74, 6) is -1.02. The van der Waals surface area contributed by atoms with Crippen molar-refractivity contribution in [1.82, 2.24) is 4.98 Å². The number of rotatable bonds is 8. The molecule has 37 heavy (non-hydrogen) atoms. The molecule has 1 amide bonds. The number of carbonyl (C=O) groups excluding carboxylic acids is 1. The van der Waals surface area contributed by atoms with Gasteiger partial charge in [-0.2, -0.15) is 18.4 Å². The molecule has 0 saturated heterocycles. The van der Waals surface area contributed by atoms with Gasteiger partial charge >= 0.3 is 6.18 Å². The van der Waals surface area contributed by atoms with Crippen LogP contribution < -0.4 is 15.2 Å². The van der Waals surface area contributed by atoms with Crippen LogP contribution in [0, 0.1) is 18.3 Å². The molecular formula is C24H21F3N4O5S. The Kier molecular flexibility index (Phi) is 8.05. The van der Waals surface area contributed by atoms with Crippen LogP contribution in [0.3, 0.4) is 0 Å². The highest BCUT2D eigenvalue weighted by Gasteiger charge is 2.32. The zero-order valence-corrected chi connectivity index (χ0v) is 20.4. The third kappa shape index (κ3) is 6.35. The summed E-state index contributed by atoms with van der Waals surface area (Å²) < 4.78 is 73.1. The fourth-order valence-electron chi connectivity index (χ4n) is 3.39. The minimum atomic E-state index is -4.67. The fourth-order valence-corrected chi connectivity index (χ4v) is 4.67. The Morgan fingerprint density at radius 1 is 1.16 bits per heavy atom. The predicted octanol–water partition coefficient (Wildman–Crippen LogP) is 3.67. The van der Waals surface area contributed by atoms with Crippen molar-refractivity contribution < 1.29 is 31.1 Å². The quantitative estimate of drug-likeness (QED) is 0.453. The van der Waals surface area contributed by atoms with Crippen molar-refractivity contribution in [2.45, 2.75) is 18.0 Å². The van der Waals surface area contributed by atoms with Crippen LogP contribution in [0.15, 0.2) is 64.3 Å². The summed E-state index contributed by atoms with van der Waals surface area (Å²) in [5, 5.41) is 8.90. The Bertz CT molecular complexity index is 1510. The first-order valence-electron chi connectivity index (χ1n) is 10.6. The van der Waals surface area contributed by atoms with Crippen molar-refractivity contribution in [3.05, 3.63) is 87.3 Å². The Labute approximate surface area is 210 Å². The number of aromatic amines is 1. The largest absolute Gasteiger partial charge is 0.416 e. The summed E-state index contributed by atoms with van der Waals surface area (Å²) in [6.45, 7) is 1.03. The number of alkyl halides is 3. The van der Waals surface area contributed by atoms with Crippen LogP contribution in [0.2, 0.25) is 0 Å². The number of hydrogen-bond acceptors (Lipinski definition) is 6. The first-order valence-corrected chi connectivity index (χ1v) is 12.1. The number of nitriles is 1. The lowest BCUT2D eigenvalue weighted by Crippen LogP contribution is -2.38. The van der Waals surface area contributed by atoms with E-state index in [9.17, 15) is 31.2 Å². The van der Waals surface area contributed by atoms with Crippen LogP contribution in [0.25, 0.3) is 0 Å². The summed E-state index contributed by atoms with van der Waals surface area (Å²) in [5.41, 5.74) is -2.31. The number of pyridine rings is 1. The number of H-pyrrole nitrogens is 1. The number of halogens is 3. The SMILES string of the molecule is COCCN(C(=O)c1cc(S(=O)(=O)Nc2ccc(C#N)cc2)c(C)[nH]c1=O)c1cccc(C(F)(F)F)c1. The van der Waals surface area contributed by atoms with Gasteiger partial charge in [0, 0.05) is 30.7 Å². The van der Waals surface area contributed by atoms with Crippen molar-refractivity contribution in [3.8, 4) is 6.07 Å². The van der Waals surface area contributed by atoms with Gasteiger partial charge in [-0.25, -0.2) is 8.42 Å². The normalized spacial score (nSPS) is 11.6. The van der Waals surface area contributed by atoms with E-state index in [-0.39, 0.29) is 30.2 Å². The van der Waals surface area contributed by atoms with E-state index in [0.717, 1.165) is 29.2 Å². The second kappa shape index (κ2) is 10.9. The third-order valence-corrected chi connectivity index (χ3v) is 6.73. The topological polar surface area (TPSA) is 132 Å². The maximum absolute atomic E-state index is 13.4. The number of carbonyl (C=O) groups is 1. The van der Waals surface area contributed by atoms with Gasteiger partial charge in [-0.05, 0) is 55.5 Å². The second-order valence-corrected chi connectivity index (χ2v) is 9.44. The van der Waals surface area contributed by atoms with Crippen molar-refractivity contribution in [2.75, 3.05) is 29.9 Å². The zero-order valence-electron chi connectivity index (χ0n) is 19.6. The van der Waals surface area contributed by atoms with Gasteiger partial charge in [-0.3, -0.25) is 14.3 Å². The van der Waals surface area contributed by atoms with Gasteiger partial charge in [-0.1, -0.05) is 6.07 Å². The standard InChI is InChI=1S/C24H21F3N4O5S/c1-15-21(37(34,35)30-18-8-6-16(14-28)7-9-18)13-20(22(32)29-15)23(33)31(10-11-36-2)19-5-3-4-17(12-19)24(25,26)27/h3-9,12-13,30H,10-11H2,1-2H3,(H,29,32). The number of anilines is 2. The van der Waals surface area contributed by atoms with E-state index in [1.165, 1.54) is 44.4 Å². The maximum Gasteiger partial charge on any atom is 0.416 e.